The van der Waals surface area contributed by atoms with Gasteiger partial charge in [0.25, 0.3) is 23.6 Å². The third kappa shape index (κ3) is 11.9. The molecule has 18 heteroatoms. The van der Waals surface area contributed by atoms with Crippen LogP contribution in [0.1, 0.15) is 56.8 Å². The van der Waals surface area contributed by atoms with Crippen LogP contribution >= 0.6 is 46.4 Å². The summed E-state index contributed by atoms with van der Waals surface area (Å²) in [5.74, 6) is -3.85. The first-order valence-corrected chi connectivity index (χ1v) is 20.1. The molecule has 5 rings (SSSR count). The number of hydrogen-bond acceptors (Lipinski definition) is 10. The molecule has 0 aromatic heterocycles. The molecular weight excluding hydrogens is 878 g/mol. The molecule has 0 aliphatic rings. The molecule has 5 aromatic rings. The van der Waals surface area contributed by atoms with Crippen LogP contribution in [-0.4, -0.2) is 47.3 Å². The molecular formula is C44H38Cl4N8O6. The van der Waals surface area contributed by atoms with Gasteiger partial charge in [0.15, 0.2) is 11.6 Å². The monoisotopic (exact) mass is 914 g/mol. The highest BCUT2D eigenvalue weighted by Crippen LogP contribution is 2.31. The van der Waals surface area contributed by atoms with Gasteiger partial charge in [0.05, 0.1) is 20.8 Å². The summed E-state index contributed by atoms with van der Waals surface area (Å²) in [5, 5.41) is 27.9. The standard InChI is InChI=1S/C44H38Cl4N8O6/c1-21-7-12-30(46)36(15-21)52-42(60)28-10-14-32(48)38(19-28)54-56-40(26(6)58)44(62)51-34-17-23(3)33(16-24(34)4)50-43(61)39(25(5)57)55-53-37-18-27(9-13-31(37)47)41(59)49-35-20-29(45)11-8-22(35)2/h7-20,39-40H,1-6H3,(H,49,59)(H,50,61)(H,51,62)(H,52,60). The lowest BCUT2D eigenvalue weighted by atomic mass is 10.1. The van der Waals surface area contributed by atoms with Gasteiger partial charge in [0, 0.05) is 33.2 Å². The molecule has 62 heavy (non-hydrogen) atoms. The van der Waals surface area contributed by atoms with Crippen LogP contribution in [0.2, 0.25) is 20.1 Å². The van der Waals surface area contributed by atoms with Crippen LogP contribution in [0.5, 0.6) is 0 Å². The maximum atomic E-state index is 13.4. The van der Waals surface area contributed by atoms with E-state index in [-0.39, 0.29) is 32.5 Å². The number of hydrogen-bond donors (Lipinski definition) is 4. The van der Waals surface area contributed by atoms with E-state index in [0.717, 1.165) is 11.1 Å². The number of carbonyl (C=O) groups is 6. The Morgan fingerprint density at radius 2 is 0.903 bits per heavy atom. The molecule has 0 aliphatic carbocycles. The fourth-order valence-electron chi connectivity index (χ4n) is 5.68. The average molecular weight is 917 g/mol. The first kappa shape index (κ1) is 46.7. The number of aryl methyl sites for hydroxylation is 4. The highest BCUT2D eigenvalue weighted by molar-refractivity contribution is 6.34. The summed E-state index contributed by atoms with van der Waals surface area (Å²) in [6.45, 7) is 9.31. The Labute approximate surface area is 376 Å². The number of halogens is 4. The molecule has 0 saturated heterocycles. The molecule has 0 aliphatic heterocycles. The van der Waals surface area contributed by atoms with Crippen molar-refractivity contribution < 1.29 is 28.8 Å². The largest absolute Gasteiger partial charge is 0.324 e. The molecule has 318 valence electrons. The van der Waals surface area contributed by atoms with Crippen LogP contribution < -0.4 is 21.3 Å². The van der Waals surface area contributed by atoms with E-state index in [2.05, 4.69) is 41.7 Å². The number of Topliss-reactive ketones (excluding diaryl/α,β-unsaturated/α-hetero) is 2. The van der Waals surface area contributed by atoms with Gasteiger partial charge in [-0.05, 0) is 137 Å². The Hall–Kier alpha value is -6.32. The van der Waals surface area contributed by atoms with Gasteiger partial charge in [-0.2, -0.15) is 20.5 Å². The zero-order valence-corrected chi connectivity index (χ0v) is 37.0. The predicted octanol–water partition coefficient (Wildman–Crippen LogP) is 11.4. The number of azo groups is 2. The molecule has 0 spiro atoms. The molecule has 0 saturated carbocycles. The van der Waals surface area contributed by atoms with E-state index < -0.39 is 47.3 Å². The normalized spacial score (nSPS) is 12.2. The molecule has 2 atom stereocenters. The number of benzene rings is 5. The molecule has 14 nitrogen and oxygen atoms in total. The van der Waals surface area contributed by atoms with Gasteiger partial charge < -0.3 is 21.3 Å². The highest BCUT2D eigenvalue weighted by Gasteiger charge is 2.26. The molecule has 5 aromatic carbocycles. The smallest absolute Gasteiger partial charge is 0.258 e. The van der Waals surface area contributed by atoms with Crippen molar-refractivity contribution >= 4 is 116 Å². The van der Waals surface area contributed by atoms with Gasteiger partial charge in [-0.15, -0.1) is 0 Å². The van der Waals surface area contributed by atoms with Crippen molar-refractivity contribution in [2.75, 3.05) is 21.3 Å². The van der Waals surface area contributed by atoms with E-state index in [0.29, 0.717) is 43.9 Å². The third-order valence-electron chi connectivity index (χ3n) is 9.15. The zero-order valence-electron chi connectivity index (χ0n) is 34.0. The minimum atomic E-state index is -1.59. The Bertz CT molecular complexity index is 2520. The summed E-state index contributed by atoms with van der Waals surface area (Å²) in [6, 6.07) is 18.7. The zero-order chi connectivity index (χ0) is 45.4. The van der Waals surface area contributed by atoms with E-state index in [9.17, 15) is 28.8 Å². The molecule has 4 N–H and O–H groups in total. The van der Waals surface area contributed by atoms with Crippen molar-refractivity contribution in [3.63, 3.8) is 0 Å². The van der Waals surface area contributed by atoms with Crippen molar-refractivity contribution in [2.24, 2.45) is 20.5 Å². The lowest BCUT2D eigenvalue weighted by Crippen LogP contribution is -2.32. The van der Waals surface area contributed by atoms with Gasteiger partial charge in [-0.25, -0.2) is 0 Å². The third-order valence-corrected chi connectivity index (χ3v) is 10.4. The molecule has 2 unspecified atom stereocenters. The van der Waals surface area contributed by atoms with E-state index in [4.69, 9.17) is 46.4 Å². The maximum Gasteiger partial charge on any atom is 0.258 e. The van der Waals surface area contributed by atoms with Gasteiger partial charge in [-0.1, -0.05) is 58.5 Å². The summed E-state index contributed by atoms with van der Waals surface area (Å²) in [5.41, 5.74) is 4.57. The SMILES string of the molecule is CC(=O)C(N=Nc1cc(C(=O)Nc2cc(Cl)ccc2C)ccc1Cl)C(=O)Nc1cc(C)c(NC(=O)C(N=Nc2cc(C(=O)Nc3cc(C)ccc3Cl)ccc2Cl)C(C)=O)cc1C. The summed E-state index contributed by atoms with van der Waals surface area (Å²) in [6.07, 6.45) is 0. The minimum absolute atomic E-state index is 0.0354. The van der Waals surface area contributed by atoms with E-state index >= 15 is 0 Å². The molecule has 0 radical (unpaired) electrons. The number of amides is 4. The van der Waals surface area contributed by atoms with Crippen LogP contribution in [0.15, 0.2) is 105 Å². The van der Waals surface area contributed by atoms with Crippen molar-refractivity contribution in [1.82, 2.24) is 0 Å². The summed E-state index contributed by atoms with van der Waals surface area (Å²) in [4.78, 5) is 78.1. The molecule has 0 bridgehead atoms. The molecule has 4 amide bonds. The second kappa shape index (κ2) is 20.5. The average Bonchev–Trinajstić information content (AvgIpc) is 3.20. The van der Waals surface area contributed by atoms with Gasteiger partial charge in [0.1, 0.15) is 11.4 Å². The Morgan fingerprint density at radius 3 is 1.37 bits per heavy atom. The fraction of sp³-hybridized carbons (Fsp3) is 0.182. The lowest BCUT2D eigenvalue weighted by Gasteiger charge is -2.16. The van der Waals surface area contributed by atoms with E-state index in [1.165, 1.54) is 50.2 Å². The first-order chi connectivity index (χ1) is 29.3. The van der Waals surface area contributed by atoms with Crippen LogP contribution in [0.4, 0.5) is 34.1 Å². The van der Waals surface area contributed by atoms with Crippen molar-refractivity contribution in [3.8, 4) is 0 Å². The highest BCUT2D eigenvalue weighted by atomic mass is 35.5. The lowest BCUT2D eigenvalue weighted by molar-refractivity contribution is -0.127. The van der Waals surface area contributed by atoms with Crippen LogP contribution in [0.3, 0.4) is 0 Å². The first-order valence-electron chi connectivity index (χ1n) is 18.6. The second-order valence-electron chi connectivity index (χ2n) is 14.1. The van der Waals surface area contributed by atoms with E-state index in [1.54, 1.807) is 62.4 Å². The van der Waals surface area contributed by atoms with E-state index in [1.807, 2.05) is 13.8 Å². The van der Waals surface area contributed by atoms with Crippen LogP contribution in [0.25, 0.3) is 0 Å². The summed E-state index contributed by atoms with van der Waals surface area (Å²) >= 11 is 25.0. The predicted molar refractivity (Wildman–Crippen MR) is 242 cm³/mol. The molecule has 0 fully saturated rings. The van der Waals surface area contributed by atoms with Gasteiger partial charge >= 0.3 is 0 Å². The summed E-state index contributed by atoms with van der Waals surface area (Å²) < 4.78 is 0. The number of nitrogens with zero attached hydrogens (tertiary/aromatic N) is 4. The topological polar surface area (TPSA) is 200 Å². The fourth-order valence-corrected chi connectivity index (χ4v) is 6.33. The van der Waals surface area contributed by atoms with Gasteiger partial charge in [0.2, 0.25) is 12.1 Å². The minimum Gasteiger partial charge on any atom is -0.324 e. The quantitative estimate of drug-likeness (QED) is 0.0630. The Balaban J connectivity index is 1.27. The number of ketones is 2. The maximum absolute atomic E-state index is 13.4. The Kier molecular flexibility index (Phi) is 15.5. The van der Waals surface area contributed by atoms with Crippen molar-refractivity contribution in [1.29, 1.82) is 0 Å². The van der Waals surface area contributed by atoms with Gasteiger partial charge in [-0.3, -0.25) is 28.8 Å². The van der Waals surface area contributed by atoms with Crippen molar-refractivity contribution in [3.05, 3.63) is 138 Å². The van der Waals surface area contributed by atoms with Crippen LogP contribution in [0, 0.1) is 27.7 Å². The number of carbonyl (C=O) groups excluding carboxylic acids is 6. The number of nitrogens with one attached hydrogen (secondary N) is 4. The Morgan fingerprint density at radius 1 is 0.468 bits per heavy atom. The summed E-state index contributed by atoms with van der Waals surface area (Å²) in [7, 11) is 0. The van der Waals surface area contributed by atoms with Crippen LogP contribution in [-0.2, 0) is 19.2 Å². The molecule has 0 heterocycles. The van der Waals surface area contributed by atoms with Crippen molar-refractivity contribution in [2.45, 2.75) is 53.6 Å². The number of anilines is 4. The number of rotatable bonds is 14. The second-order valence-corrected chi connectivity index (χ2v) is 15.8.